The first kappa shape index (κ1) is 19.5. The molecule has 0 aliphatic heterocycles. The van der Waals surface area contributed by atoms with E-state index in [4.69, 9.17) is 9.47 Å². The minimum absolute atomic E-state index is 0.268. The van der Waals surface area contributed by atoms with Crippen LogP contribution in [0.4, 0.5) is 0 Å². The quantitative estimate of drug-likeness (QED) is 0.488. The third-order valence-electron chi connectivity index (χ3n) is 4.43. The van der Waals surface area contributed by atoms with Crippen molar-refractivity contribution in [1.29, 1.82) is 0 Å². The molecule has 0 aliphatic carbocycles. The minimum atomic E-state index is 0.268. The second kappa shape index (κ2) is 9.58. The Balaban J connectivity index is 1.68. The molecule has 3 rings (SSSR count). The highest BCUT2D eigenvalue weighted by Crippen LogP contribution is 2.37. The van der Waals surface area contributed by atoms with E-state index in [0.717, 1.165) is 33.6 Å². The van der Waals surface area contributed by atoms with Crippen LogP contribution in [0.1, 0.15) is 29.7 Å². The SMILES string of the molecule is COc1cc(CN[C@H](C)c2ccccc2)cc(Br)c1OCc1ccccc1. The average Bonchev–Trinajstić information content (AvgIpc) is 2.72. The van der Waals surface area contributed by atoms with E-state index >= 15 is 0 Å². The van der Waals surface area contributed by atoms with E-state index in [0.29, 0.717) is 6.61 Å². The second-order valence-electron chi connectivity index (χ2n) is 6.40. The fraction of sp³-hybridized carbons (Fsp3) is 0.217. The Bertz CT molecular complexity index is 853. The number of hydrogen-bond donors (Lipinski definition) is 1. The molecular weight excluding hydrogens is 402 g/mol. The Morgan fingerprint density at radius 1 is 0.926 bits per heavy atom. The van der Waals surface area contributed by atoms with Gasteiger partial charge in [-0.25, -0.2) is 0 Å². The van der Waals surface area contributed by atoms with Crippen molar-refractivity contribution in [3.63, 3.8) is 0 Å². The molecule has 0 spiro atoms. The summed E-state index contributed by atoms with van der Waals surface area (Å²) in [6.07, 6.45) is 0. The van der Waals surface area contributed by atoms with Crippen LogP contribution in [0.2, 0.25) is 0 Å². The van der Waals surface area contributed by atoms with Crippen LogP contribution in [-0.2, 0) is 13.2 Å². The first-order valence-electron chi connectivity index (χ1n) is 8.99. The van der Waals surface area contributed by atoms with Gasteiger partial charge < -0.3 is 14.8 Å². The van der Waals surface area contributed by atoms with Gasteiger partial charge in [-0.1, -0.05) is 60.7 Å². The molecule has 0 aliphatic rings. The first-order valence-corrected chi connectivity index (χ1v) is 9.78. The first-order chi connectivity index (χ1) is 13.2. The van der Waals surface area contributed by atoms with Crippen molar-refractivity contribution in [3.8, 4) is 11.5 Å². The lowest BCUT2D eigenvalue weighted by Gasteiger charge is -2.17. The molecule has 3 nitrogen and oxygen atoms in total. The van der Waals surface area contributed by atoms with E-state index in [1.807, 2.05) is 42.5 Å². The standard InChI is InChI=1S/C23H24BrNO2/c1-17(20-11-7-4-8-12-20)25-15-19-13-21(24)23(22(14-19)26-2)27-16-18-9-5-3-6-10-18/h3-14,17,25H,15-16H2,1-2H3/t17-/m1/s1. The highest BCUT2D eigenvalue weighted by atomic mass is 79.9. The summed E-state index contributed by atoms with van der Waals surface area (Å²) in [5.74, 6) is 1.45. The average molecular weight is 426 g/mol. The molecule has 27 heavy (non-hydrogen) atoms. The molecule has 0 saturated heterocycles. The summed E-state index contributed by atoms with van der Waals surface area (Å²) in [6, 6.07) is 24.9. The molecule has 0 saturated carbocycles. The Morgan fingerprint density at radius 3 is 2.26 bits per heavy atom. The number of halogens is 1. The van der Waals surface area contributed by atoms with E-state index < -0.39 is 0 Å². The Morgan fingerprint density at radius 2 is 1.59 bits per heavy atom. The van der Waals surface area contributed by atoms with Crippen LogP contribution in [0.15, 0.2) is 77.3 Å². The lowest BCUT2D eigenvalue weighted by molar-refractivity contribution is 0.282. The molecule has 1 N–H and O–H groups in total. The number of nitrogens with one attached hydrogen (secondary N) is 1. The predicted octanol–water partition coefficient (Wildman–Crippen LogP) is 5.89. The normalized spacial score (nSPS) is 11.8. The van der Waals surface area contributed by atoms with Crippen molar-refractivity contribution in [2.75, 3.05) is 7.11 Å². The summed E-state index contributed by atoms with van der Waals surface area (Å²) >= 11 is 3.63. The van der Waals surface area contributed by atoms with Crippen LogP contribution >= 0.6 is 15.9 Å². The van der Waals surface area contributed by atoms with Gasteiger partial charge in [0.1, 0.15) is 6.61 Å². The molecule has 0 unspecified atom stereocenters. The lowest BCUT2D eigenvalue weighted by Crippen LogP contribution is -2.18. The van der Waals surface area contributed by atoms with E-state index in [1.54, 1.807) is 7.11 Å². The summed E-state index contributed by atoms with van der Waals surface area (Å²) in [6.45, 7) is 3.40. The van der Waals surface area contributed by atoms with Crippen molar-refractivity contribution >= 4 is 15.9 Å². The van der Waals surface area contributed by atoms with E-state index in [2.05, 4.69) is 58.5 Å². The lowest BCUT2D eigenvalue weighted by atomic mass is 10.1. The van der Waals surface area contributed by atoms with Crippen molar-refractivity contribution in [1.82, 2.24) is 5.32 Å². The number of hydrogen-bond acceptors (Lipinski definition) is 3. The molecule has 0 heterocycles. The maximum atomic E-state index is 6.00. The van der Waals surface area contributed by atoms with Crippen molar-refractivity contribution in [2.45, 2.75) is 26.1 Å². The van der Waals surface area contributed by atoms with Crippen LogP contribution in [0.25, 0.3) is 0 Å². The molecule has 0 fully saturated rings. The number of methoxy groups -OCH3 is 1. The fourth-order valence-electron chi connectivity index (χ4n) is 2.88. The van der Waals surface area contributed by atoms with Gasteiger partial charge in [-0.15, -0.1) is 0 Å². The summed E-state index contributed by atoms with van der Waals surface area (Å²) in [5.41, 5.74) is 3.52. The molecule has 0 bridgehead atoms. The predicted molar refractivity (Wildman–Crippen MR) is 113 cm³/mol. The fourth-order valence-corrected chi connectivity index (χ4v) is 3.48. The maximum absolute atomic E-state index is 6.00. The van der Waals surface area contributed by atoms with Crippen molar-refractivity contribution in [2.24, 2.45) is 0 Å². The van der Waals surface area contributed by atoms with Crippen molar-refractivity contribution in [3.05, 3.63) is 94.0 Å². The highest BCUT2D eigenvalue weighted by molar-refractivity contribution is 9.10. The topological polar surface area (TPSA) is 30.5 Å². The zero-order valence-corrected chi connectivity index (χ0v) is 17.2. The molecule has 1 atom stereocenters. The monoisotopic (exact) mass is 425 g/mol. The molecule has 0 aromatic heterocycles. The van der Waals surface area contributed by atoms with Gasteiger partial charge in [-0.3, -0.25) is 0 Å². The Hall–Kier alpha value is -2.30. The van der Waals surface area contributed by atoms with E-state index in [9.17, 15) is 0 Å². The summed E-state index contributed by atoms with van der Waals surface area (Å²) in [7, 11) is 1.67. The summed E-state index contributed by atoms with van der Waals surface area (Å²) in [4.78, 5) is 0. The van der Waals surface area contributed by atoms with E-state index in [1.165, 1.54) is 5.56 Å². The number of ether oxygens (including phenoxy) is 2. The molecule has 3 aromatic carbocycles. The van der Waals surface area contributed by atoms with E-state index in [-0.39, 0.29) is 6.04 Å². The summed E-state index contributed by atoms with van der Waals surface area (Å²) < 4.78 is 12.5. The molecular formula is C23H24BrNO2. The van der Waals surface area contributed by atoms with Crippen LogP contribution < -0.4 is 14.8 Å². The zero-order valence-electron chi connectivity index (χ0n) is 15.6. The molecule has 0 amide bonds. The smallest absolute Gasteiger partial charge is 0.175 e. The molecule has 4 heteroatoms. The maximum Gasteiger partial charge on any atom is 0.175 e. The van der Waals surface area contributed by atoms with Crippen LogP contribution in [-0.4, -0.2) is 7.11 Å². The van der Waals surface area contributed by atoms with Gasteiger partial charge in [0.2, 0.25) is 0 Å². The van der Waals surface area contributed by atoms with Crippen molar-refractivity contribution < 1.29 is 9.47 Å². The van der Waals surface area contributed by atoms with Gasteiger partial charge in [0.15, 0.2) is 11.5 Å². The van der Waals surface area contributed by atoms with Gasteiger partial charge in [0.05, 0.1) is 11.6 Å². The highest BCUT2D eigenvalue weighted by Gasteiger charge is 2.13. The third-order valence-corrected chi connectivity index (χ3v) is 5.02. The molecule has 140 valence electrons. The van der Waals surface area contributed by atoms with Crippen LogP contribution in [0.3, 0.4) is 0 Å². The molecule has 3 aromatic rings. The second-order valence-corrected chi connectivity index (χ2v) is 7.25. The van der Waals surface area contributed by atoms with Crippen LogP contribution in [0, 0.1) is 0 Å². The number of rotatable bonds is 8. The van der Waals surface area contributed by atoms with Gasteiger partial charge in [-0.05, 0) is 51.7 Å². The third kappa shape index (κ3) is 5.34. The molecule has 0 radical (unpaired) electrons. The minimum Gasteiger partial charge on any atom is -0.493 e. The largest absolute Gasteiger partial charge is 0.493 e. The Labute approximate surface area is 169 Å². The number of benzene rings is 3. The zero-order chi connectivity index (χ0) is 19.1. The van der Waals surface area contributed by atoms with Crippen LogP contribution in [0.5, 0.6) is 11.5 Å². The van der Waals surface area contributed by atoms with Gasteiger partial charge >= 0.3 is 0 Å². The summed E-state index contributed by atoms with van der Waals surface area (Å²) in [5, 5.41) is 3.55. The van der Waals surface area contributed by atoms with Gasteiger partial charge in [0.25, 0.3) is 0 Å². The van der Waals surface area contributed by atoms with Gasteiger partial charge in [0, 0.05) is 12.6 Å². The Kier molecular flexibility index (Phi) is 6.91. The van der Waals surface area contributed by atoms with Gasteiger partial charge in [-0.2, -0.15) is 0 Å².